The van der Waals surface area contributed by atoms with Crippen molar-refractivity contribution in [2.24, 2.45) is 11.7 Å². The summed E-state index contributed by atoms with van der Waals surface area (Å²) in [5, 5.41) is 0. The third kappa shape index (κ3) is 7.09. The maximum Gasteiger partial charge on any atom is 0.325 e. The topological polar surface area (TPSA) is 122 Å². The summed E-state index contributed by atoms with van der Waals surface area (Å²) < 4.78 is 35.7. The van der Waals surface area contributed by atoms with E-state index in [1.807, 2.05) is 0 Å². The fraction of sp³-hybridized carbons (Fsp3) is 0.800. The van der Waals surface area contributed by atoms with Gasteiger partial charge in [-0.3, -0.25) is 9.59 Å². The molecule has 112 valence electrons. The minimum absolute atomic E-state index is 0.746. The maximum atomic E-state index is 11.8. The van der Waals surface area contributed by atoms with Crippen molar-refractivity contribution in [3.8, 4) is 0 Å². The number of hydrogen-bond donors (Lipinski definition) is 1. The van der Waals surface area contributed by atoms with Gasteiger partial charge in [-0.25, -0.2) is 4.18 Å². The van der Waals surface area contributed by atoms with Gasteiger partial charge in [0.2, 0.25) is 0 Å². The lowest BCUT2D eigenvalue weighted by molar-refractivity contribution is -0.172. The number of rotatable bonds is 5. The first kappa shape index (κ1) is 17.8. The molecule has 0 aliphatic carbocycles. The van der Waals surface area contributed by atoms with E-state index in [-0.39, 0.29) is 0 Å². The molecule has 19 heavy (non-hydrogen) atoms. The highest BCUT2D eigenvalue weighted by molar-refractivity contribution is 7.86. The number of carbonyl (C=O) groups is 2. The molecule has 8 nitrogen and oxygen atoms in total. The van der Waals surface area contributed by atoms with Crippen LogP contribution in [0.5, 0.6) is 0 Å². The van der Waals surface area contributed by atoms with Crippen molar-refractivity contribution in [2.75, 3.05) is 13.4 Å². The molecule has 2 atom stereocenters. The minimum atomic E-state index is -3.93. The van der Waals surface area contributed by atoms with E-state index < -0.39 is 39.8 Å². The lowest BCUT2D eigenvalue weighted by Gasteiger charge is -2.25. The second-order valence-corrected chi connectivity index (χ2v) is 6.40. The van der Waals surface area contributed by atoms with E-state index in [4.69, 9.17) is 10.5 Å². The molecule has 0 amide bonds. The molecule has 0 bridgehead atoms. The van der Waals surface area contributed by atoms with Gasteiger partial charge < -0.3 is 15.2 Å². The Hall–Kier alpha value is -1.19. The molecule has 0 aromatic heterocycles. The van der Waals surface area contributed by atoms with Gasteiger partial charge in [-0.05, 0) is 20.8 Å². The molecule has 0 fully saturated rings. The highest BCUT2D eigenvalue weighted by Crippen LogP contribution is 2.16. The Morgan fingerprint density at radius 2 is 1.63 bits per heavy atom. The van der Waals surface area contributed by atoms with E-state index in [9.17, 15) is 18.0 Å². The lowest BCUT2D eigenvalue weighted by atomic mass is 10.1. The van der Waals surface area contributed by atoms with Crippen molar-refractivity contribution in [1.29, 1.82) is 0 Å². The molecule has 0 aliphatic rings. The third-order valence-corrected chi connectivity index (χ3v) is 2.30. The van der Waals surface area contributed by atoms with Crippen molar-refractivity contribution >= 4 is 22.1 Å². The van der Waals surface area contributed by atoms with E-state index in [1.54, 1.807) is 20.8 Å². The number of methoxy groups -OCH3 is 1. The summed E-state index contributed by atoms with van der Waals surface area (Å²) in [4.78, 5) is 23.3. The van der Waals surface area contributed by atoms with Gasteiger partial charge >= 0.3 is 11.9 Å². The Morgan fingerprint density at radius 1 is 1.16 bits per heavy atom. The summed E-state index contributed by atoms with van der Waals surface area (Å²) in [6.45, 7) is 4.76. The molecule has 0 spiro atoms. The molecule has 0 saturated carbocycles. The Morgan fingerprint density at radius 3 is 1.95 bits per heavy atom. The monoisotopic (exact) mass is 297 g/mol. The first-order valence-electron chi connectivity index (χ1n) is 5.32. The van der Waals surface area contributed by atoms with Crippen molar-refractivity contribution in [3.63, 3.8) is 0 Å². The number of hydrogen-bond acceptors (Lipinski definition) is 8. The van der Waals surface area contributed by atoms with E-state index in [0.29, 0.717) is 0 Å². The smallest absolute Gasteiger partial charge is 0.325 e. The zero-order valence-electron chi connectivity index (χ0n) is 11.5. The Labute approximate surface area is 112 Å². The largest absolute Gasteiger partial charge is 0.468 e. The van der Waals surface area contributed by atoms with Crippen molar-refractivity contribution in [2.45, 2.75) is 32.6 Å². The zero-order valence-corrected chi connectivity index (χ0v) is 12.3. The van der Waals surface area contributed by atoms with Crippen LogP contribution in [-0.2, 0) is 33.4 Å². The summed E-state index contributed by atoms with van der Waals surface area (Å²) >= 11 is 0. The third-order valence-electron chi connectivity index (χ3n) is 1.73. The summed E-state index contributed by atoms with van der Waals surface area (Å²) in [6, 6.07) is 0. The van der Waals surface area contributed by atoms with Crippen LogP contribution in [-0.4, -0.2) is 45.6 Å². The first-order valence-corrected chi connectivity index (χ1v) is 7.13. The molecule has 2 unspecified atom stereocenters. The first-order chi connectivity index (χ1) is 8.37. The molecule has 0 aromatic rings. The lowest BCUT2D eigenvalue weighted by Crippen LogP contribution is -2.46. The quantitative estimate of drug-likeness (QED) is 0.308. The van der Waals surface area contributed by atoms with Crippen LogP contribution in [0.25, 0.3) is 0 Å². The van der Waals surface area contributed by atoms with E-state index in [1.165, 1.54) is 0 Å². The summed E-state index contributed by atoms with van der Waals surface area (Å²) in [6.07, 6.45) is -0.965. The van der Waals surface area contributed by atoms with Crippen LogP contribution in [0.15, 0.2) is 0 Å². The molecule has 0 aromatic carbocycles. The maximum absolute atomic E-state index is 11.8. The number of ether oxygens (including phenoxy) is 2. The van der Waals surface area contributed by atoms with Gasteiger partial charge in [0.05, 0.1) is 13.4 Å². The summed E-state index contributed by atoms with van der Waals surface area (Å²) in [5.74, 6) is -3.74. The highest BCUT2D eigenvalue weighted by atomic mass is 32.2. The fourth-order valence-corrected chi connectivity index (χ4v) is 1.63. The molecule has 0 radical (unpaired) electrons. The van der Waals surface area contributed by atoms with Crippen LogP contribution in [0, 0.1) is 5.92 Å². The zero-order chi connectivity index (χ0) is 15.4. The summed E-state index contributed by atoms with van der Waals surface area (Å²) in [5.41, 5.74) is 4.53. The standard InChI is InChI=1S/C10H19NO7S/c1-10(2,3)17-9(13)6(8(12)16-4)7(11)18-19(5,14)15/h6-7H,11H2,1-5H3. The molecular weight excluding hydrogens is 278 g/mol. The SMILES string of the molecule is COC(=O)C(C(=O)OC(C)(C)C)C(N)OS(C)(=O)=O. The number of nitrogens with two attached hydrogens (primary N) is 1. The predicted molar refractivity (Wildman–Crippen MR) is 65.3 cm³/mol. The molecule has 0 heterocycles. The Kier molecular flexibility index (Phi) is 5.91. The van der Waals surface area contributed by atoms with Crippen molar-refractivity contribution in [3.05, 3.63) is 0 Å². The normalized spacial score (nSPS) is 15.5. The molecule has 2 N–H and O–H groups in total. The Bertz CT molecular complexity index is 437. The Balaban J connectivity index is 5.12. The van der Waals surface area contributed by atoms with E-state index in [0.717, 1.165) is 13.4 Å². The van der Waals surface area contributed by atoms with Gasteiger partial charge in [0.25, 0.3) is 10.1 Å². The van der Waals surface area contributed by atoms with Gasteiger partial charge in [-0.1, -0.05) is 0 Å². The molecule has 0 saturated heterocycles. The van der Waals surface area contributed by atoms with E-state index in [2.05, 4.69) is 8.92 Å². The van der Waals surface area contributed by atoms with Crippen LogP contribution < -0.4 is 5.73 Å². The van der Waals surface area contributed by atoms with Crippen LogP contribution in [0.1, 0.15) is 20.8 Å². The number of esters is 2. The second kappa shape index (κ2) is 6.31. The van der Waals surface area contributed by atoms with Gasteiger partial charge in [-0.2, -0.15) is 8.42 Å². The number of carbonyl (C=O) groups excluding carboxylic acids is 2. The molecule has 9 heteroatoms. The van der Waals surface area contributed by atoms with Crippen LogP contribution in [0.2, 0.25) is 0 Å². The average Bonchev–Trinajstić information content (AvgIpc) is 2.11. The minimum Gasteiger partial charge on any atom is -0.468 e. The molecule has 0 rings (SSSR count). The van der Waals surface area contributed by atoms with E-state index >= 15 is 0 Å². The predicted octanol–water partition coefficient (Wildman–Crippen LogP) is -0.622. The van der Waals surface area contributed by atoms with Crippen molar-refractivity contribution < 1.29 is 31.7 Å². The summed E-state index contributed by atoms with van der Waals surface area (Å²) in [7, 11) is -2.89. The van der Waals surface area contributed by atoms with Crippen LogP contribution >= 0.6 is 0 Å². The molecule has 0 aliphatic heterocycles. The van der Waals surface area contributed by atoms with Crippen LogP contribution in [0.4, 0.5) is 0 Å². The van der Waals surface area contributed by atoms with Gasteiger partial charge in [0.1, 0.15) is 11.8 Å². The van der Waals surface area contributed by atoms with Gasteiger partial charge in [0, 0.05) is 0 Å². The van der Waals surface area contributed by atoms with Crippen LogP contribution in [0.3, 0.4) is 0 Å². The second-order valence-electron chi connectivity index (χ2n) is 4.80. The van der Waals surface area contributed by atoms with Gasteiger partial charge in [-0.15, -0.1) is 0 Å². The highest BCUT2D eigenvalue weighted by Gasteiger charge is 2.39. The molecular formula is C10H19NO7S. The van der Waals surface area contributed by atoms with Crippen molar-refractivity contribution in [1.82, 2.24) is 0 Å². The fourth-order valence-electron chi connectivity index (χ4n) is 1.11. The average molecular weight is 297 g/mol. The van der Waals surface area contributed by atoms with Gasteiger partial charge in [0.15, 0.2) is 5.92 Å².